The smallest absolute Gasteiger partial charge is 0.318 e. The summed E-state index contributed by atoms with van der Waals surface area (Å²) in [5, 5.41) is 3.19. The van der Waals surface area contributed by atoms with Gasteiger partial charge in [0.25, 0.3) is 0 Å². The van der Waals surface area contributed by atoms with E-state index in [1.54, 1.807) is 6.20 Å². The van der Waals surface area contributed by atoms with Gasteiger partial charge in [-0.15, -0.1) is 0 Å². The quantitative estimate of drug-likeness (QED) is 0.938. The third-order valence-electron chi connectivity index (χ3n) is 4.31. The summed E-state index contributed by atoms with van der Waals surface area (Å²) >= 11 is 0. The second kappa shape index (κ2) is 7.77. The molecular weight excluding hydrogens is 286 g/mol. The summed E-state index contributed by atoms with van der Waals surface area (Å²) in [6.07, 6.45) is 8.19. The Morgan fingerprint density at radius 3 is 2.30 bits per heavy atom. The molecule has 2 amide bonds. The molecule has 1 atom stereocenters. The van der Waals surface area contributed by atoms with Crippen LogP contribution in [0.4, 0.5) is 4.79 Å². The van der Waals surface area contributed by atoms with Crippen LogP contribution in [0.1, 0.15) is 42.9 Å². The van der Waals surface area contributed by atoms with Gasteiger partial charge in [-0.3, -0.25) is 4.98 Å². The highest BCUT2D eigenvalue weighted by Crippen LogP contribution is 2.22. The molecule has 1 aliphatic heterocycles. The van der Waals surface area contributed by atoms with Crippen molar-refractivity contribution in [1.29, 1.82) is 0 Å². The molecule has 4 nitrogen and oxygen atoms in total. The van der Waals surface area contributed by atoms with Gasteiger partial charge in [0, 0.05) is 25.5 Å². The minimum absolute atomic E-state index is 0.0182. The summed E-state index contributed by atoms with van der Waals surface area (Å²) in [5.74, 6) is 0. The Balaban J connectivity index is 1.80. The summed E-state index contributed by atoms with van der Waals surface area (Å²) in [7, 11) is 0. The van der Waals surface area contributed by atoms with Gasteiger partial charge in [-0.25, -0.2) is 4.79 Å². The molecule has 0 aliphatic carbocycles. The fourth-order valence-electron chi connectivity index (χ4n) is 3.04. The predicted octanol–water partition coefficient (Wildman–Crippen LogP) is 3.76. The molecule has 2 aromatic rings. The molecule has 120 valence electrons. The number of benzene rings is 1. The molecule has 0 spiro atoms. The van der Waals surface area contributed by atoms with Crippen LogP contribution in [0, 0.1) is 0 Å². The van der Waals surface area contributed by atoms with Gasteiger partial charge in [-0.05, 0) is 30.0 Å². The summed E-state index contributed by atoms with van der Waals surface area (Å²) in [4.78, 5) is 18.8. The first-order valence-electron chi connectivity index (χ1n) is 8.35. The number of pyridine rings is 1. The fourth-order valence-corrected chi connectivity index (χ4v) is 3.04. The monoisotopic (exact) mass is 309 g/mol. The number of hydrogen-bond donors (Lipinski definition) is 1. The Kier molecular flexibility index (Phi) is 5.25. The number of hydrogen-bond acceptors (Lipinski definition) is 2. The van der Waals surface area contributed by atoms with Crippen LogP contribution in [0.5, 0.6) is 0 Å². The fraction of sp³-hybridized carbons (Fsp3) is 0.368. The summed E-state index contributed by atoms with van der Waals surface area (Å²) < 4.78 is 0. The van der Waals surface area contributed by atoms with Gasteiger partial charge in [-0.2, -0.15) is 0 Å². The van der Waals surface area contributed by atoms with Crippen LogP contribution in [0.3, 0.4) is 0 Å². The molecule has 1 fully saturated rings. The van der Waals surface area contributed by atoms with Crippen LogP contribution >= 0.6 is 0 Å². The van der Waals surface area contributed by atoms with Gasteiger partial charge in [0.15, 0.2) is 0 Å². The van der Waals surface area contributed by atoms with E-state index in [1.165, 1.54) is 12.8 Å². The molecular formula is C19H23N3O. The van der Waals surface area contributed by atoms with Crippen LogP contribution in [0.15, 0.2) is 54.9 Å². The number of urea groups is 1. The minimum Gasteiger partial charge on any atom is -0.327 e. The lowest BCUT2D eigenvalue weighted by Crippen LogP contribution is -2.42. The zero-order valence-electron chi connectivity index (χ0n) is 13.3. The number of likely N-dealkylation sites (tertiary alicyclic amines) is 1. The van der Waals surface area contributed by atoms with Crippen LogP contribution in [0.25, 0.3) is 0 Å². The SMILES string of the molecule is O=C(N[C@H](c1ccccc1)c1cccnc1)N1CCCCCC1. The molecule has 23 heavy (non-hydrogen) atoms. The molecule has 1 aromatic carbocycles. The Morgan fingerprint density at radius 2 is 1.65 bits per heavy atom. The van der Waals surface area contributed by atoms with Crippen molar-refractivity contribution in [3.05, 3.63) is 66.0 Å². The first-order valence-corrected chi connectivity index (χ1v) is 8.35. The summed E-state index contributed by atoms with van der Waals surface area (Å²) in [6.45, 7) is 1.70. The van der Waals surface area contributed by atoms with E-state index >= 15 is 0 Å². The highest BCUT2D eigenvalue weighted by molar-refractivity contribution is 5.75. The van der Waals surface area contributed by atoms with Crippen molar-refractivity contribution in [2.24, 2.45) is 0 Å². The molecule has 1 saturated heterocycles. The third kappa shape index (κ3) is 4.09. The first kappa shape index (κ1) is 15.5. The van der Waals surface area contributed by atoms with Crippen molar-refractivity contribution in [2.75, 3.05) is 13.1 Å². The van der Waals surface area contributed by atoms with Gasteiger partial charge in [0.05, 0.1) is 6.04 Å². The molecule has 0 radical (unpaired) electrons. The number of aromatic nitrogens is 1. The lowest BCUT2D eigenvalue weighted by atomic mass is 10.0. The Bertz CT molecular complexity index is 568. The number of rotatable bonds is 3. The Labute approximate surface area is 137 Å². The lowest BCUT2D eigenvalue weighted by Gasteiger charge is -2.26. The molecule has 0 bridgehead atoms. The maximum Gasteiger partial charge on any atom is 0.318 e. The van der Waals surface area contributed by atoms with E-state index in [9.17, 15) is 4.79 Å². The molecule has 3 rings (SSSR count). The van der Waals surface area contributed by atoms with E-state index in [0.29, 0.717) is 0 Å². The maximum absolute atomic E-state index is 12.7. The van der Waals surface area contributed by atoms with E-state index in [2.05, 4.69) is 10.3 Å². The molecule has 1 N–H and O–H groups in total. The van der Waals surface area contributed by atoms with Crippen molar-refractivity contribution < 1.29 is 4.79 Å². The summed E-state index contributed by atoms with van der Waals surface area (Å²) in [5.41, 5.74) is 2.07. The highest BCUT2D eigenvalue weighted by atomic mass is 16.2. The van der Waals surface area contributed by atoms with Crippen molar-refractivity contribution in [3.8, 4) is 0 Å². The van der Waals surface area contributed by atoms with E-state index in [0.717, 1.165) is 37.1 Å². The van der Waals surface area contributed by atoms with Crippen LogP contribution < -0.4 is 5.32 Å². The first-order chi connectivity index (χ1) is 11.3. The second-order valence-corrected chi connectivity index (χ2v) is 5.98. The van der Waals surface area contributed by atoms with Crippen molar-refractivity contribution in [1.82, 2.24) is 15.2 Å². The van der Waals surface area contributed by atoms with Gasteiger partial charge in [0.1, 0.15) is 0 Å². The molecule has 2 heterocycles. The van der Waals surface area contributed by atoms with E-state index in [1.807, 2.05) is 53.6 Å². The Hall–Kier alpha value is -2.36. The maximum atomic E-state index is 12.7. The molecule has 0 saturated carbocycles. The molecule has 1 aliphatic rings. The van der Waals surface area contributed by atoms with Crippen molar-refractivity contribution >= 4 is 6.03 Å². The van der Waals surface area contributed by atoms with E-state index in [-0.39, 0.29) is 12.1 Å². The second-order valence-electron chi connectivity index (χ2n) is 5.98. The van der Waals surface area contributed by atoms with E-state index < -0.39 is 0 Å². The molecule has 4 heteroatoms. The zero-order chi connectivity index (χ0) is 15.9. The minimum atomic E-state index is -0.166. The largest absolute Gasteiger partial charge is 0.327 e. The lowest BCUT2D eigenvalue weighted by molar-refractivity contribution is 0.197. The van der Waals surface area contributed by atoms with Crippen molar-refractivity contribution in [2.45, 2.75) is 31.7 Å². The predicted molar refractivity (Wildman–Crippen MR) is 91.1 cm³/mol. The third-order valence-corrected chi connectivity index (χ3v) is 4.31. The zero-order valence-corrected chi connectivity index (χ0v) is 13.3. The van der Waals surface area contributed by atoms with Gasteiger partial charge < -0.3 is 10.2 Å². The summed E-state index contributed by atoms with van der Waals surface area (Å²) in [6, 6.07) is 13.8. The van der Waals surface area contributed by atoms with Gasteiger partial charge in [0.2, 0.25) is 0 Å². The number of nitrogens with one attached hydrogen (secondary N) is 1. The van der Waals surface area contributed by atoms with Crippen LogP contribution in [-0.2, 0) is 0 Å². The van der Waals surface area contributed by atoms with Crippen LogP contribution in [-0.4, -0.2) is 29.0 Å². The highest BCUT2D eigenvalue weighted by Gasteiger charge is 2.21. The normalized spacial score (nSPS) is 16.4. The van der Waals surface area contributed by atoms with Crippen molar-refractivity contribution in [3.63, 3.8) is 0 Å². The molecule has 1 aromatic heterocycles. The standard InChI is InChI=1S/C19H23N3O/c23-19(22-13-6-1-2-7-14-22)21-18(16-9-4-3-5-10-16)17-11-8-12-20-15-17/h3-5,8-12,15,18H,1-2,6-7,13-14H2,(H,21,23)/t18-/m1/s1. The number of carbonyl (C=O) groups is 1. The van der Waals surface area contributed by atoms with Gasteiger partial charge >= 0.3 is 6.03 Å². The Morgan fingerprint density at radius 1 is 0.957 bits per heavy atom. The van der Waals surface area contributed by atoms with Gasteiger partial charge in [-0.1, -0.05) is 49.2 Å². The molecule has 0 unspecified atom stereocenters. The van der Waals surface area contributed by atoms with E-state index in [4.69, 9.17) is 0 Å². The number of carbonyl (C=O) groups excluding carboxylic acids is 1. The number of nitrogens with zero attached hydrogens (tertiary/aromatic N) is 2. The van der Waals surface area contributed by atoms with Crippen LogP contribution in [0.2, 0.25) is 0 Å². The average Bonchev–Trinajstić information content (AvgIpc) is 2.90. The topological polar surface area (TPSA) is 45.2 Å². The number of amides is 2. The average molecular weight is 309 g/mol.